The summed E-state index contributed by atoms with van der Waals surface area (Å²) in [5, 5.41) is 22.3. The SMILES string of the molecule is CCOC(=O)c1ccnn1CCCC(C)(O)O. The summed E-state index contributed by atoms with van der Waals surface area (Å²) in [6.45, 7) is 3.82. The highest BCUT2D eigenvalue weighted by molar-refractivity contribution is 5.87. The van der Waals surface area contributed by atoms with Gasteiger partial charge in [0.05, 0.1) is 6.61 Å². The first-order chi connectivity index (χ1) is 7.94. The van der Waals surface area contributed by atoms with Gasteiger partial charge in [0, 0.05) is 19.2 Å². The van der Waals surface area contributed by atoms with Crippen LogP contribution in [0.15, 0.2) is 12.3 Å². The van der Waals surface area contributed by atoms with Gasteiger partial charge in [-0.15, -0.1) is 0 Å². The number of aromatic nitrogens is 2. The van der Waals surface area contributed by atoms with Gasteiger partial charge in [0.15, 0.2) is 5.79 Å². The molecule has 0 spiro atoms. The average Bonchev–Trinajstić information content (AvgIpc) is 2.64. The molecule has 0 atom stereocenters. The Bertz CT molecular complexity index is 368. The molecule has 2 N–H and O–H groups in total. The average molecular weight is 242 g/mol. The van der Waals surface area contributed by atoms with Gasteiger partial charge < -0.3 is 14.9 Å². The Kier molecular flexibility index (Phi) is 4.65. The van der Waals surface area contributed by atoms with Crippen LogP contribution in [0.25, 0.3) is 0 Å². The zero-order valence-electron chi connectivity index (χ0n) is 10.1. The quantitative estimate of drug-likeness (QED) is 0.562. The number of hydrogen-bond donors (Lipinski definition) is 2. The van der Waals surface area contributed by atoms with Crippen molar-refractivity contribution in [2.45, 2.75) is 39.0 Å². The molecule has 0 aliphatic heterocycles. The highest BCUT2D eigenvalue weighted by atomic mass is 16.5. The second-order valence-electron chi connectivity index (χ2n) is 3.98. The highest BCUT2D eigenvalue weighted by Crippen LogP contribution is 2.10. The lowest BCUT2D eigenvalue weighted by Gasteiger charge is -2.15. The van der Waals surface area contributed by atoms with Crippen molar-refractivity contribution in [1.82, 2.24) is 9.78 Å². The number of aliphatic hydroxyl groups is 2. The van der Waals surface area contributed by atoms with Crippen LogP contribution in [0.4, 0.5) is 0 Å². The standard InChI is InChI=1S/C11H18N2O4/c1-3-17-10(14)9-5-7-12-13(9)8-4-6-11(2,15)16/h5,7,15-16H,3-4,6,8H2,1-2H3. The molecule has 0 bridgehead atoms. The third-order valence-electron chi connectivity index (χ3n) is 2.22. The van der Waals surface area contributed by atoms with E-state index < -0.39 is 11.8 Å². The van der Waals surface area contributed by atoms with E-state index in [9.17, 15) is 4.79 Å². The second-order valence-corrected chi connectivity index (χ2v) is 3.98. The van der Waals surface area contributed by atoms with Crippen LogP contribution in [0.2, 0.25) is 0 Å². The normalized spacial score (nSPS) is 11.5. The van der Waals surface area contributed by atoms with E-state index in [1.165, 1.54) is 17.8 Å². The van der Waals surface area contributed by atoms with Crippen molar-refractivity contribution in [2.24, 2.45) is 0 Å². The molecule has 0 radical (unpaired) electrons. The molecule has 0 amide bonds. The van der Waals surface area contributed by atoms with E-state index in [0.717, 1.165) is 0 Å². The molecular weight excluding hydrogens is 224 g/mol. The van der Waals surface area contributed by atoms with Crippen LogP contribution in [-0.4, -0.2) is 38.4 Å². The summed E-state index contributed by atoms with van der Waals surface area (Å²) in [5.74, 6) is -2.10. The monoisotopic (exact) mass is 242 g/mol. The molecule has 96 valence electrons. The van der Waals surface area contributed by atoms with E-state index in [1.807, 2.05) is 0 Å². The van der Waals surface area contributed by atoms with Gasteiger partial charge in [-0.25, -0.2) is 4.79 Å². The molecule has 1 aromatic heterocycles. The summed E-state index contributed by atoms with van der Waals surface area (Å²) in [5.41, 5.74) is 0.379. The van der Waals surface area contributed by atoms with Crippen LogP contribution >= 0.6 is 0 Å². The Morgan fingerprint density at radius 1 is 1.59 bits per heavy atom. The summed E-state index contributed by atoms with van der Waals surface area (Å²) in [6.07, 6.45) is 2.25. The highest BCUT2D eigenvalue weighted by Gasteiger charge is 2.16. The van der Waals surface area contributed by atoms with E-state index in [2.05, 4.69) is 5.10 Å². The molecule has 1 rings (SSSR count). The molecular formula is C11H18N2O4. The van der Waals surface area contributed by atoms with Crippen molar-refractivity contribution in [3.05, 3.63) is 18.0 Å². The van der Waals surface area contributed by atoms with E-state index >= 15 is 0 Å². The fraction of sp³-hybridized carbons (Fsp3) is 0.636. The molecule has 0 unspecified atom stereocenters. The minimum Gasteiger partial charge on any atom is -0.461 e. The van der Waals surface area contributed by atoms with Gasteiger partial charge in [0.2, 0.25) is 0 Å². The van der Waals surface area contributed by atoms with Gasteiger partial charge in [-0.1, -0.05) is 0 Å². The van der Waals surface area contributed by atoms with Crippen molar-refractivity contribution in [1.29, 1.82) is 0 Å². The number of aryl methyl sites for hydroxylation is 1. The molecule has 17 heavy (non-hydrogen) atoms. The maximum atomic E-state index is 11.5. The summed E-state index contributed by atoms with van der Waals surface area (Å²) in [4.78, 5) is 11.5. The second kappa shape index (κ2) is 5.79. The molecule has 1 aromatic rings. The maximum absolute atomic E-state index is 11.5. The van der Waals surface area contributed by atoms with Crippen LogP contribution < -0.4 is 0 Å². The first kappa shape index (κ1) is 13.7. The molecule has 0 saturated heterocycles. The van der Waals surface area contributed by atoms with E-state index in [0.29, 0.717) is 25.3 Å². The number of ether oxygens (including phenoxy) is 1. The minimum absolute atomic E-state index is 0.217. The predicted octanol–water partition coefficient (Wildman–Crippen LogP) is 0.541. The number of hydrogen-bond acceptors (Lipinski definition) is 5. The lowest BCUT2D eigenvalue weighted by Crippen LogP contribution is -2.23. The third-order valence-corrected chi connectivity index (χ3v) is 2.22. The molecule has 6 heteroatoms. The van der Waals surface area contributed by atoms with Crippen molar-refractivity contribution in [3.8, 4) is 0 Å². The number of esters is 1. The summed E-state index contributed by atoms with van der Waals surface area (Å²) in [6, 6.07) is 1.58. The Labute approximate surface area is 99.8 Å². The Balaban J connectivity index is 2.54. The summed E-state index contributed by atoms with van der Waals surface area (Å²) >= 11 is 0. The van der Waals surface area contributed by atoms with Crippen LogP contribution in [-0.2, 0) is 11.3 Å². The molecule has 0 aliphatic carbocycles. The van der Waals surface area contributed by atoms with Gasteiger partial charge in [0.1, 0.15) is 5.69 Å². The van der Waals surface area contributed by atoms with Gasteiger partial charge >= 0.3 is 5.97 Å². The fourth-order valence-electron chi connectivity index (χ4n) is 1.45. The molecule has 0 aromatic carbocycles. The van der Waals surface area contributed by atoms with Gasteiger partial charge in [-0.05, 0) is 26.3 Å². The molecule has 6 nitrogen and oxygen atoms in total. The number of carbonyl (C=O) groups excluding carboxylic acids is 1. The largest absolute Gasteiger partial charge is 0.461 e. The number of carbonyl (C=O) groups is 1. The van der Waals surface area contributed by atoms with Crippen LogP contribution in [0.3, 0.4) is 0 Å². The topological polar surface area (TPSA) is 84.6 Å². The predicted molar refractivity (Wildman–Crippen MR) is 60.3 cm³/mol. The lowest BCUT2D eigenvalue weighted by molar-refractivity contribution is -0.150. The first-order valence-electron chi connectivity index (χ1n) is 5.57. The first-order valence-corrected chi connectivity index (χ1v) is 5.57. The van der Waals surface area contributed by atoms with Crippen LogP contribution in [0, 0.1) is 0 Å². The maximum Gasteiger partial charge on any atom is 0.356 e. The van der Waals surface area contributed by atoms with Crippen LogP contribution in [0.1, 0.15) is 37.2 Å². The van der Waals surface area contributed by atoms with Gasteiger partial charge in [0.25, 0.3) is 0 Å². The Morgan fingerprint density at radius 2 is 2.29 bits per heavy atom. The molecule has 0 aliphatic rings. The summed E-state index contributed by atoms with van der Waals surface area (Å²) < 4.78 is 6.38. The zero-order chi connectivity index (χ0) is 12.9. The fourth-order valence-corrected chi connectivity index (χ4v) is 1.45. The minimum atomic E-state index is -1.68. The Morgan fingerprint density at radius 3 is 2.88 bits per heavy atom. The zero-order valence-corrected chi connectivity index (χ0v) is 10.1. The van der Waals surface area contributed by atoms with Crippen molar-refractivity contribution in [2.75, 3.05) is 6.61 Å². The van der Waals surface area contributed by atoms with Crippen LogP contribution in [0.5, 0.6) is 0 Å². The van der Waals surface area contributed by atoms with Crippen molar-refractivity contribution in [3.63, 3.8) is 0 Å². The molecule has 0 saturated carbocycles. The van der Waals surface area contributed by atoms with Crippen molar-refractivity contribution >= 4 is 5.97 Å². The van der Waals surface area contributed by atoms with Crippen molar-refractivity contribution < 1.29 is 19.7 Å². The Hall–Kier alpha value is -1.40. The van der Waals surface area contributed by atoms with E-state index in [1.54, 1.807) is 13.0 Å². The van der Waals surface area contributed by atoms with Gasteiger partial charge in [-0.3, -0.25) is 4.68 Å². The lowest BCUT2D eigenvalue weighted by atomic mass is 10.2. The van der Waals surface area contributed by atoms with E-state index in [4.69, 9.17) is 14.9 Å². The third kappa shape index (κ3) is 4.54. The number of rotatable bonds is 6. The number of nitrogens with zero attached hydrogens (tertiary/aromatic N) is 2. The van der Waals surface area contributed by atoms with E-state index in [-0.39, 0.29) is 6.42 Å². The molecule has 1 heterocycles. The molecule has 0 fully saturated rings. The smallest absolute Gasteiger partial charge is 0.356 e. The summed E-state index contributed by atoms with van der Waals surface area (Å²) in [7, 11) is 0. The van der Waals surface area contributed by atoms with Gasteiger partial charge in [-0.2, -0.15) is 5.10 Å².